The van der Waals surface area contributed by atoms with Crippen LogP contribution in [0.1, 0.15) is 5.56 Å². The highest BCUT2D eigenvalue weighted by atomic mass is 16.1. The van der Waals surface area contributed by atoms with E-state index in [1.807, 2.05) is 6.07 Å². The van der Waals surface area contributed by atoms with Gasteiger partial charge in [0.05, 0.1) is 6.04 Å². The summed E-state index contributed by atoms with van der Waals surface area (Å²) in [7, 11) is 0. The maximum absolute atomic E-state index is 10.7. The fraction of sp³-hybridized carbons (Fsp3) is 0.455. The van der Waals surface area contributed by atoms with Crippen molar-refractivity contribution in [1.29, 1.82) is 0 Å². The van der Waals surface area contributed by atoms with E-state index in [-0.39, 0.29) is 6.04 Å². The Labute approximate surface area is 94.6 Å². The molecule has 1 atom stereocenters. The fourth-order valence-corrected chi connectivity index (χ4v) is 1.86. The SMILES string of the molecule is Nc1ccc(CN2CCNC(C=O)C2)cn1. The number of nitrogen functional groups attached to an aromatic ring is 1. The highest BCUT2D eigenvalue weighted by Crippen LogP contribution is 2.07. The van der Waals surface area contributed by atoms with Crippen molar-refractivity contribution in [3.8, 4) is 0 Å². The van der Waals surface area contributed by atoms with Crippen molar-refractivity contribution in [2.45, 2.75) is 12.6 Å². The number of carbonyl (C=O) groups excluding carboxylic acids is 1. The number of aldehydes is 1. The quantitative estimate of drug-likeness (QED) is 0.680. The van der Waals surface area contributed by atoms with Crippen LogP contribution in [0.25, 0.3) is 0 Å². The number of pyridine rings is 1. The largest absolute Gasteiger partial charge is 0.384 e. The van der Waals surface area contributed by atoms with Crippen molar-refractivity contribution in [3.05, 3.63) is 23.9 Å². The Morgan fingerprint density at radius 1 is 1.62 bits per heavy atom. The summed E-state index contributed by atoms with van der Waals surface area (Å²) in [6.45, 7) is 3.38. The summed E-state index contributed by atoms with van der Waals surface area (Å²) in [5.74, 6) is 0.537. The van der Waals surface area contributed by atoms with Crippen LogP contribution in [0.5, 0.6) is 0 Å². The van der Waals surface area contributed by atoms with Crippen LogP contribution < -0.4 is 11.1 Å². The van der Waals surface area contributed by atoms with Crippen molar-refractivity contribution in [3.63, 3.8) is 0 Å². The fourth-order valence-electron chi connectivity index (χ4n) is 1.86. The van der Waals surface area contributed by atoms with E-state index in [4.69, 9.17) is 5.73 Å². The molecule has 0 bridgehead atoms. The van der Waals surface area contributed by atoms with Crippen LogP contribution in [0.15, 0.2) is 18.3 Å². The number of hydrogen-bond acceptors (Lipinski definition) is 5. The Bertz CT molecular complexity index is 352. The van der Waals surface area contributed by atoms with E-state index in [2.05, 4.69) is 15.2 Å². The molecule has 16 heavy (non-hydrogen) atoms. The molecule has 1 fully saturated rings. The minimum atomic E-state index is -0.0458. The first kappa shape index (κ1) is 11.0. The van der Waals surface area contributed by atoms with Gasteiger partial charge in [0, 0.05) is 32.4 Å². The van der Waals surface area contributed by atoms with E-state index in [0.717, 1.165) is 38.0 Å². The number of rotatable bonds is 3. The zero-order valence-corrected chi connectivity index (χ0v) is 9.10. The van der Waals surface area contributed by atoms with Crippen LogP contribution in [-0.4, -0.2) is 41.8 Å². The smallest absolute Gasteiger partial charge is 0.138 e. The van der Waals surface area contributed by atoms with Gasteiger partial charge in [-0.2, -0.15) is 0 Å². The van der Waals surface area contributed by atoms with Gasteiger partial charge in [0.1, 0.15) is 12.1 Å². The second kappa shape index (κ2) is 5.05. The first-order valence-electron chi connectivity index (χ1n) is 5.39. The molecule has 0 amide bonds. The molecule has 5 heteroatoms. The van der Waals surface area contributed by atoms with E-state index in [1.54, 1.807) is 12.3 Å². The topological polar surface area (TPSA) is 71.2 Å². The molecule has 1 saturated heterocycles. The first-order chi connectivity index (χ1) is 7.78. The lowest BCUT2D eigenvalue weighted by Gasteiger charge is -2.30. The molecule has 0 spiro atoms. The predicted molar refractivity (Wildman–Crippen MR) is 61.8 cm³/mol. The van der Waals surface area contributed by atoms with Crippen LogP contribution in [0.4, 0.5) is 5.82 Å². The van der Waals surface area contributed by atoms with Gasteiger partial charge in [-0.3, -0.25) is 4.90 Å². The zero-order valence-electron chi connectivity index (χ0n) is 9.10. The van der Waals surface area contributed by atoms with Gasteiger partial charge in [0.15, 0.2) is 0 Å². The van der Waals surface area contributed by atoms with E-state index in [0.29, 0.717) is 5.82 Å². The standard InChI is InChI=1S/C11H16N4O/c12-11-2-1-9(5-14-11)6-15-4-3-13-10(7-15)8-16/h1-2,5,8,10,13H,3-4,6-7H2,(H2,12,14). The Morgan fingerprint density at radius 3 is 3.19 bits per heavy atom. The van der Waals surface area contributed by atoms with Gasteiger partial charge in [-0.15, -0.1) is 0 Å². The number of nitrogens with one attached hydrogen (secondary N) is 1. The number of anilines is 1. The molecule has 2 heterocycles. The van der Waals surface area contributed by atoms with Crippen LogP contribution in [0, 0.1) is 0 Å². The van der Waals surface area contributed by atoms with E-state index >= 15 is 0 Å². The molecule has 1 aliphatic heterocycles. The molecular weight excluding hydrogens is 204 g/mol. The lowest BCUT2D eigenvalue weighted by Crippen LogP contribution is -2.50. The van der Waals surface area contributed by atoms with Crippen molar-refractivity contribution >= 4 is 12.1 Å². The van der Waals surface area contributed by atoms with Crippen molar-refractivity contribution < 1.29 is 4.79 Å². The van der Waals surface area contributed by atoms with Gasteiger partial charge < -0.3 is 15.8 Å². The molecule has 0 saturated carbocycles. The van der Waals surface area contributed by atoms with Gasteiger partial charge >= 0.3 is 0 Å². The number of hydrogen-bond donors (Lipinski definition) is 2. The summed E-state index contributed by atoms with van der Waals surface area (Å²) in [5.41, 5.74) is 6.65. The number of aromatic nitrogens is 1. The predicted octanol–water partition coefficient (Wildman–Crippen LogP) is -0.364. The summed E-state index contributed by atoms with van der Waals surface area (Å²) >= 11 is 0. The lowest BCUT2D eigenvalue weighted by molar-refractivity contribution is -0.110. The first-order valence-corrected chi connectivity index (χ1v) is 5.39. The van der Waals surface area contributed by atoms with Crippen molar-refractivity contribution in [2.24, 2.45) is 0 Å². The second-order valence-corrected chi connectivity index (χ2v) is 4.02. The summed E-state index contributed by atoms with van der Waals surface area (Å²) in [6.07, 6.45) is 2.75. The Kier molecular flexibility index (Phi) is 3.48. The number of nitrogens with zero attached hydrogens (tertiary/aromatic N) is 2. The van der Waals surface area contributed by atoms with Gasteiger partial charge in [0.25, 0.3) is 0 Å². The van der Waals surface area contributed by atoms with E-state index in [1.165, 1.54) is 0 Å². The van der Waals surface area contributed by atoms with Crippen molar-refractivity contribution in [1.82, 2.24) is 15.2 Å². The molecule has 1 aromatic heterocycles. The Balaban J connectivity index is 1.93. The molecule has 0 aromatic carbocycles. The maximum Gasteiger partial charge on any atom is 0.138 e. The third kappa shape index (κ3) is 2.77. The highest BCUT2D eigenvalue weighted by molar-refractivity contribution is 5.58. The van der Waals surface area contributed by atoms with Gasteiger partial charge in [0.2, 0.25) is 0 Å². The molecule has 1 aromatic rings. The molecule has 0 radical (unpaired) electrons. The maximum atomic E-state index is 10.7. The molecule has 1 aliphatic rings. The van der Waals surface area contributed by atoms with E-state index < -0.39 is 0 Å². The average Bonchev–Trinajstić information content (AvgIpc) is 2.32. The van der Waals surface area contributed by atoms with Gasteiger partial charge in [-0.1, -0.05) is 6.07 Å². The Morgan fingerprint density at radius 2 is 2.50 bits per heavy atom. The number of nitrogens with two attached hydrogens (primary N) is 1. The number of piperazine rings is 1. The van der Waals surface area contributed by atoms with Crippen molar-refractivity contribution in [2.75, 3.05) is 25.4 Å². The third-order valence-corrected chi connectivity index (χ3v) is 2.71. The molecular formula is C11H16N4O. The molecule has 5 nitrogen and oxygen atoms in total. The summed E-state index contributed by atoms with van der Waals surface area (Å²) in [5, 5.41) is 3.15. The van der Waals surface area contributed by atoms with Crippen LogP contribution in [0.3, 0.4) is 0 Å². The average molecular weight is 220 g/mol. The van der Waals surface area contributed by atoms with Crippen LogP contribution in [-0.2, 0) is 11.3 Å². The second-order valence-electron chi connectivity index (χ2n) is 4.02. The Hall–Kier alpha value is -1.46. The monoisotopic (exact) mass is 220 g/mol. The lowest BCUT2D eigenvalue weighted by atomic mass is 10.2. The zero-order chi connectivity index (χ0) is 11.4. The molecule has 3 N–H and O–H groups in total. The highest BCUT2D eigenvalue weighted by Gasteiger charge is 2.18. The number of carbonyl (C=O) groups is 1. The molecule has 0 aliphatic carbocycles. The minimum Gasteiger partial charge on any atom is -0.384 e. The van der Waals surface area contributed by atoms with Gasteiger partial charge in [-0.05, 0) is 11.6 Å². The van der Waals surface area contributed by atoms with Crippen LogP contribution >= 0.6 is 0 Å². The van der Waals surface area contributed by atoms with E-state index in [9.17, 15) is 4.79 Å². The summed E-state index contributed by atoms with van der Waals surface area (Å²) < 4.78 is 0. The minimum absolute atomic E-state index is 0.0458. The van der Waals surface area contributed by atoms with Crippen LogP contribution in [0.2, 0.25) is 0 Å². The third-order valence-electron chi connectivity index (χ3n) is 2.71. The van der Waals surface area contributed by atoms with Gasteiger partial charge in [-0.25, -0.2) is 4.98 Å². The normalized spacial score (nSPS) is 21.9. The molecule has 86 valence electrons. The summed E-state index contributed by atoms with van der Waals surface area (Å²) in [6, 6.07) is 3.73. The molecule has 2 rings (SSSR count). The summed E-state index contributed by atoms with van der Waals surface area (Å²) in [4.78, 5) is 17.0. The molecule has 1 unspecified atom stereocenters.